The molecule has 4 rings (SSSR count). The van der Waals surface area contributed by atoms with Crippen molar-refractivity contribution in [3.8, 4) is 0 Å². The van der Waals surface area contributed by atoms with Gasteiger partial charge in [0, 0.05) is 5.70 Å². The molecule has 0 aromatic heterocycles. The Kier molecular flexibility index (Phi) is 3.91. The van der Waals surface area contributed by atoms with E-state index in [4.69, 9.17) is 0 Å². The molecule has 0 fully saturated rings. The number of allylic oxidation sites excluding steroid dienone is 1. The molecule has 1 aliphatic carbocycles. The van der Waals surface area contributed by atoms with Crippen molar-refractivity contribution in [3.63, 3.8) is 0 Å². The van der Waals surface area contributed by atoms with E-state index < -0.39 is 0 Å². The summed E-state index contributed by atoms with van der Waals surface area (Å²) in [5.74, 6) is 0. The van der Waals surface area contributed by atoms with Crippen LogP contribution in [0.4, 0.5) is 4.79 Å². The number of hydrogen-bond donors (Lipinski definition) is 2. The van der Waals surface area contributed by atoms with Crippen LogP contribution < -0.4 is 10.6 Å². The molecule has 1 heterocycles. The standard InChI is InChI=1S/C21H20N2O/c24-21-22-19(16-10-5-2-6-11-16)18-13-7-12-17(20(18)23-21)14-15-8-3-1-4-9-15/h1-6,8-11,14,19H,7,12-13H2,(H2,22,23,24)/b17-14+/t19-/m0/s1. The summed E-state index contributed by atoms with van der Waals surface area (Å²) in [7, 11) is 0. The van der Waals surface area contributed by atoms with E-state index in [2.05, 4.69) is 41.0 Å². The van der Waals surface area contributed by atoms with Gasteiger partial charge in [0.2, 0.25) is 0 Å². The number of nitrogens with one attached hydrogen (secondary N) is 2. The van der Waals surface area contributed by atoms with E-state index in [-0.39, 0.29) is 12.1 Å². The molecule has 0 spiro atoms. The molecule has 24 heavy (non-hydrogen) atoms. The molecule has 2 N–H and O–H groups in total. The van der Waals surface area contributed by atoms with Gasteiger partial charge in [-0.2, -0.15) is 0 Å². The Balaban J connectivity index is 1.77. The predicted molar refractivity (Wildman–Crippen MR) is 96.1 cm³/mol. The van der Waals surface area contributed by atoms with E-state index in [0.29, 0.717) is 0 Å². The molecule has 2 aliphatic rings. The Morgan fingerprint density at radius 1 is 0.917 bits per heavy atom. The fourth-order valence-electron chi connectivity index (χ4n) is 3.57. The summed E-state index contributed by atoms with van der Waals surface area (Å²) in [6.45, 7) is 0. The highest BCUT2D eigenvalue weighted by Crippen LogP contribution is 2.38. The van der Waals surface area contributed by atoms with E-state index in [1.54, 1.807) is 0 Å². The molecule has 1 aliphatic heterocycles. The number of hydrogen-bond acceptors (Lipinski definition) is 1. The van der Waals surface area contributed by atoms with Gasteiger partial charge in [0.05, 0.1) is 6.04 Å². The topological polar surface area (TPSA) is 41.1 Å². The summed E-state index contributed by atoms with van der Waals surface area (Å²) >= 11 is 0. The number of urea groups is 1. The summed E-state index contributed by atoms with van der Waals surface area (Å²) in [6.07, 6.45) is 5.31. The second-order valence-electron chi connectivity index (χ2n) is 6.28. The van der Waals surface area contributed by atoms with Gasteiger partial charge in [-0.3, -0.25) is 0 Å². The summed E-state index contributed by atoms with van der Waals surface area (Å²) in [5, 5.41) is 6.13. The lowest BCUT2D eigenvalue weighted by atomic mass is 9.83. The molecule has 0 unspecified atom stereocenters. The molecule has 0 saturated heterocycles. The van der Waals surface area contributed by atoms with Gasteiger partial charge >= 0.3 is 6.03 Å². The van der Waals surface area contributed by atoms with Crippen molar-refractivity contribution >= 4 is 12.1 Å². The highest BCUT2D eigenvalue weighted by molar-refractivity contribution is 5.81. The van der Waals surface area contributed by atoms with Crippen LogP contribution in [-0.2, 0) is 0 Å². The first-order chi connectivity index (χ1) is 11.8. The fourth-order valence-corrected chi connectivity index (χ4v) is 3.57. The lowest BCUT2D eigenvalue weighted by Gasteiger charge is -2.34. The Morgan fingerprint density at radius 3 is 2.38 bits per heavy atom. The van der Waals surface area contributed by atoms with Crippen molar-refractivity contribution in [1.82, 2.24) is 10.6 Å². The lowest BCUT2D eigenvalue weighted by molar-refractivity contribution is 0.238. The molecular formula is C21H20N2O. The summed E-state index contributed by atoms with van der Waals surface area (Å²) < 4.78 is 0. The van der Waals surface area contributed by atoms with Gasteiger partial charge in [0.25, 0.3) is 0 Å². The molecule has 0 radical (unpaired) electrons. The summed E-state index contributed by atoms with van der Waals surface area (Å²) in [5.41, 5.74) is 5.83. The first-order valence-electron chi connectivity index (χ1n) is 8.43. The van der Waals surface area contributed by atoms with Crippen molar-refractivity contribution in [2.24, 2.45) is 0 Å². The summed E-state index contributed by atoms with van der Waals surface area (Å²) in [6, 6.07) is 20.3. The minimum atomic E-state index is -0.122. The SMILES string of the molecule is O=C1NC2=C(CCC/C2=C\c2ccccc2)[C@H](c2ccccc2)N1. The first-order valence-corrected chi connectivity index (χ1v) is 8.43. The Morgan fingerprint density at radius 2 is 1.62 bits per heavy atom. The zero-order valence-electron chi connectivity index (χ0n) is 13.5. The van der Waals surface area contributed by atoms with Crippen LogP contribution in [0, 0.1) is 0 Å². The molecule has 3 nitrogen and oxygen atoms in total. The Labute approximate surface area is 142 Å². The smallest absolute Gasteiger partial charge is 0.319 e. The van der Waals surface area contributed by atoms with Gasteiger partial charge < -0.3 is 10.6 Å². The monoisotopic (exact) mass is 316 g/mol. The normalized spacial score (nSPS) is 21.9. The number of carbonyl (C=O) groups excluding carboxylic acids is 1. The van der Waals surface area contributed by atoms with E-state index in [1.807, 2.05) is 36.4 Å². The molecule has 2 aromatic carbocycles. The fraction of sp³-hybridized carbons (Fsp3) is 0.190. The number of carbonyl (C=O) groups is 1. The minimum Gasteiger partial charge on any atom is -0.327 e. The van der Waals surface area contributed by atoms with Gasteiger partial charge in [-0.1, -0.05) is 60.7 Å². The molecule has 0 bridgehead atoms. The molecule has 3 heteroatoms. The number of amides is 2. The molecular weight excluding hydrogens is 296 g/mol. The van der Waals surface area contributed by atoms with Crippen LogP contribution in [-0.4, -0.2) is 6.03 Å². The van der Waals surface area contributed by atoms with Crippen molar-refractivity contribution < 1.29 is 4.79 Å². The highest BCUT2D eigenvalue weighted by Gasteiger charge is 2.31. The molecule has 2 aromatic rings. The predicted octanol–water partition coefficient (Wildman–Crippen LogP) is 4.56. The van der Waals surface area contributed by atoms with Crippen molar-refractivity contribution in [3.05, 3.63) is 88.6 Å². The van der Waals surface area contributed by atoms with Crippen LogP contribution in [0.5, 0.6) is 0 Å². The maximum atomic E-state index is 12.2. The maximum Gasteiger partial charge on any atom is 0.319 e. The third kappa shape index (κ3) is 2.85. The first kappa shape index (κ1) is 14.8. The summed E-state index contributed by atoms with van der Waals surface area (Å²) in [4.78, 5) is 12.2. The van der Waals surface area contributed by atoms with Gasteiger partial charge in [-0.25, -0.2) is 4.79 Å². The van der Waals surface area contributed by atoms with Crippen molar-refractivity contribution in [2.45, 2.75) is 25.3 Å². The molecule has 1 atom stereocenters. The van der Waals surface area contributed by atoms with Crippen LogP contribution in [0.2, 0.25) is 0 Å². The third-order valence-electron chi connectivity index (χ3n) is 4.67. The number of benzene rings is 2. The minimum absolute atomic E-state index is 0.0329. The highest BCUT2D eigenvalue weighted by atomic mass is 16.2. The zero-order valence-corrected chi connectivity index (χ0v) is 13.5. The van der Waals surface area contributed by atoms with Gasteiger partial charge in [0.15, 0.2) is 0 Å². The zero-order chi connectivity index (χ0) is 16.4. The average molecular weight is 316 g/mol. The maximum absolute atomic E-state index is 12.2. The second kappa shape index (κ2) is 6.36. The van der Waals surface area contributed by atoms with E-state index >= 15 is 0 Å². The van der Waals surface area contributed by atoms with E-state index in [1.165, 1.54) is 16.7 Å². The molecule has 120 valence electrons. The lowest BCUT2D eigenvalue weighted by Crippen LogP contribution is -2.45. The Bertz CT molecular complexity index is 806. The van der Waals surface area contributed by atoms with Crippen molar-refractivity contribution in [1.29, 1.82) is 0 Å². The van der Waals surface area contributed by atoms with Crippen LogP contribution in [0.3, 0.4) is 0 Å². The van der Waals surface area contributed by atoms with Crippen LogP contribution >= 0.6 is 0 Å². The van der Waals surface area contributed by atoms with Gasteiger partial charge in [-0.05, 0) is 47.6 Å². The van der Waals surface area contributed by atoms with E-state index in [0.717, 1.165) is 30.5 Å². The molecule has 0 saturated carbocycles. The van der Waals surface area contributed by atoms with Gasteiger partial charge in [0.1, 0.15) is 0 Å². The molecule has 2 amide bonds. The third-order valence-corrected chi connectivity index (χ3v) is 4.67. The van der Waals surface area contributed by atoms with Gasteiger partial charge in [-0.15, -0.1) is 0 Å². The van der Waals surface area contributed by atoms with E-state index in [9.17, 15) is 4.79 Å². The van der Waals surface area contributed by atoms with Crippen molar-refractivity contribution in [2.75, 3.05) is 0 Å². The van der Waals surface area contributed by atoms with Crippen LogP contribution in [0.25, 0.3) is 6.08 Å². The Hall–Kier alpha value is -2.81. The quantitative estimate of drug-likeness (QED) is 0.837. The number of rotatable bonds is 2. The average Bonchev–Trinajstić information content (AvgIpc) is 2.63. The second-order valence-corrected chi connectivity index (χ2v) is 6.28. The van der Waals surface area contributed by atoms with Crippen LogP contribution in [0.1, 0.15) is 36.4 Å². The van der Waals surface area contributed by atoms with Crippen LogP contribution in [0.15, 0.2) is 77.5 Å². The largest absolute Gasteiger partial charge is 0.327 e.